The van der Waals surface area contributed by atoms with Crippen molar-refractivity contribution in [2.24, 2.45) is 0 Å². The van der Waals surface area contributed by atoms with Gasteiger partial charge in [0.15, 0.2) is 0 Å². The Kier molecular flexibility index (Phi) is 3.71. The fourth-order valence-corrected chi connectivity index (χ4v) is 2.06. The van der Waals surface area contributed by atoms with Crippen LogP contribution in [0.1, 0.15) is 6.42 Å². The van der Waals surface area contributed by atoms with Crippen LogP contribution in [0.25, 0.3) is 0 Å². The number of halogens is 2. The average molecular weight is 257 g/mol. The van der Waals surface area contributed by atoms with Crippen LogP contribution in [-0.2, 0) is 0 Å². The van der Waals surface area contributed by atoms with Gasteiger partial charge in [-0.2, -0.15) is 4.39 Å². The maximum atomic E-state index is 13.5. The van der Waals surface area contributed by atoms with E-state index in [1.807, 2.05) is 0 Å². The Morgan fingerprint density at radius 2 is 2.06 bits per heavy atom. The predicted molar refractivity (Wildman–Crippen MR) is 62.7 cm³/mol. The number of nitrogens with zero attached hydrogens (tertiary/aromatic N) is 2. The third-order valence-corrected chi connectivity index (χ3v) is 2.87. The number of hydrogen-bond acceptors (Lipinski definition) is 4. The number of rotatable bonds is 2. The van der Waals surface area contributed by atoms with Crippen LogP contribution in [0.3, 0.4) is 0 Å². The first-order valence-corrected chi connectivity index (χ1v) is 5.68. The summed E-state index contributed by atoms with van der Waals surface area (Å²) in [7, 11) is 0. The van der Waals surface area contributed by atoms with Crippen LogP contribution in [0.15, 0.2) is 12.1 Å². The van der Waals surface area contributed by atoms with E-state index in [1.165, 1.54) is 0 Å². The van der Waals surface area contributed by atoms with Gasteiger partial charge in [0.1, 0.15) is 11.5 Å². The predicted octanol–water partition coefficient (Wildman–Crippen LogP) is 1.67. The van der Waals surface area contributed by atoms with E-state index in [0.717, 1.165) is 19.0 Å². The lowest BCUT2D eigenvalue weighted by molar-refractivity contribution is -0.386. The highest BCUT2D eigenvalue weighted by molar-refractivity contribution is 5.64. The van der Waals surface area contributed by atoms with Crippen LogP contribution < -0.4 is 10.2 Å². The van der Waals surface area contributed by atoms with Gasteiger partial charge in [0, 0.05) is 31.8 Å². The second-order valence-corrected chi connectivity index (χ2v) is 4.10. The summed E-state index contributed by atoms with van der Waals surface area (Å²) >= 11 is 0. The monoisotopic (exact) mass is 257 g/mol. The molecule has 0 saturated carbocycles. The second-order valence-electron chi connectivity index (χ2n) is 4.10. The van der Waals surface area contributed by atoms with Crippen LogP contribution in [-0.4, -0.2) is 31.1 Å². The Labute approximate surface area is 103 Å². The molecule has 0 bridgehead atoms. The molecule has 0 spiro atoms. The van der Waals surface area contributed by atoms with Gasteiger partial charge < -0.3 is 10.2 Å². The summed E-state index contributed by atoms with van der Waals surface area (Å²) in [4.78, 5) is 11.7. The van der Waals surface area contributed by atoms with Crippen LogP contribution in [0.2, 0.25) is 0 Å². The van der Waals surface area contributed by atoms with Gasteiger partial charge in [0.2, 0.25) is 5.82 Å². The van der Waals surface area contributed by atoms with E-state index in [-0.39, 0.29) is 5.69 Å². The lowest BCUT2D eigenvalue weighted by atomic mass is 10.2. The Balaban J connectivity index is 2.43. The first-order valence-electron chi connectivity index (χ1n) is 5.68. The molecular weight excluding hydrogens is 244 g/mol. The van der Waals surface area contributed by atoms with Crippen molar-refractivity contribution in [3.8, 4) is 0 Å². The van der Waals surface area contributed by atoms with Crippen LogP contribution in [0.4, 0.5) is 20.2 Å². The van der Waals surface area contributed by atoms with Crippen LogP contribution >= 0.6 is 0 Å². The zero-order valence-electron chi connectivity index (χ0n) is 9.66. The summed E-state index contributed by atoms with van der Waals surface area (Å²) in [5.41, 5.74) is -0.639. The van der Waals surface area contributed by atoms with Gasteiger partial charge in [-0.05, 0) is 13.0 Å². The van der Waals surface area contributed by atoms with E-state index in [0.29, 0.717) is 25.7 Å². The third-order valence-electron chi connectivity index (χ3n) is 2.87. The average Bonchev–Trinajstić information content (AvgIpc) is 2.55. The molecule has 0 radical (unpaired) electrons. The molecule has 0 amide bonds. The van der Waals surface area contributed by atoms with Gasteiger partial charge in [-0.25, -0.2) is 4.39 Å². The number of hydrogen-bond donors (Lipinski definition) is 1. The molecule has 1 aromatic carbocycles. The van der Waals surface area contributed by atoms with Gasteiger partial charge in [-0.1, -0.05) is 0 Å². The molecule has 0 aromatic heterocycles. The largest absolute Gasteiger partial charge is 0.364 e. The molecule has 5 nitrogen and oxygen atoms in total. The topological polar surface area (TPSA) is 58.4 Å². The number of nitro benzene ring substituents is 1. The van der Waals surface area contributed by atoms with E-state index in [9.17, 15) is 18.9 Å². The maximum absolute atomic E-state index is 13.5. The minimum atomic E-state index is -1.13. The number of nitrogens with one attached hydrogen (secondary N) is 1. The first kappa shape index (κ1) is 12.7. The molecule has 98 valence electrons. The molecule has 2 rings (SSSR count). The van der Waals surface area contributed by atoms with Crippen molar-refractivity contribution in [2.45, 2.75) is 6.42 Å². The van der Waals surface area contributed by atoms with Gasteiger partial charge >= 0.3 is 5.69 Å². The van der Waals surface area contributed by atoms with Crippen molar-refractivity contribution in [1.82, 2.24) is 5.32 Å². The first-order chi connectivity index (χ1) is 8.59. The van der Waals surface area contributed by atoms with E-state index in [4.69, 9.17) is 0 Å². The molecule has 1 N–H and O–H groups in total. The SMILES string of the molecule is O=[N+]([O-])c1c(F)cc(F)cc1N1CCCNCC1. The highest BCUT2D eigenvalue weighted by Crippen LogP contribution is 2.32. The van der Waals surface area contributed by atoms with Gasteiger partial charge in [-0.3, -0.25) is 10.1 Å². The Bertz CT molecular complexity index is 460. The van der Waals surface area contributed by atoms with E-state index >= 15 is 0 Å². The van der Waals surface area contributed by atoms with E-state index < -0.39 is 22.2 Å². The molecule has 1 fully saturated rings. The van der Waals surface area contributed by atoms with Gasteiger partial charge in [0.05, 0.1) is 4.92 Å². The van der Waals surface area contributed by atoms with Crippen molar-refractivity contribution in [2.75, 3.05) is 31.1 Å². The Hall–Kier alpha value is -1.76. The van der Waals surface area contributed by atoms with Crippen molar-refractivity contribution in [1.29, 1.82) is 0 Å². The summed E-state index contributed by atoms with van der Waals surface area (Å²) in [5, 5.41) is 14.0. The Morgan fingerprint density at radius 3 is 2.78 bits per heavy atom. The smallest absolute Gasteiger partial charge is 0.328 e. The number of nitro groups is 1. The molecule has 1 aliphatic heterocycles. The van der Waals surface area contributed by atoms with Crippen molar-refractivity contribution in [3.63, 3.8) is 0 Å². The van der Waals surface area contributed by atoms with Crippen LogP contribution in [0.5, 0.6) is 0 Å². The van der Waals surface area contributed by atoms with Crippen molar-refractivity contribution < 1.29 is 13.7 Å². The number of benzene rings is 1. The molecule has 7 heteroatoms. The van der Waals surface area contributed by atoms with Crippen molar-refractivity contribution in [3.05, 3.63) is 33.9 Å². The Morgan fingerprint density at radius 1 is 1.28 bits per heavy atom. The molecule has 18 heavy (non-hydrogen) atoms. The van der Waals surface area contributed by atoms with Gasteiger partial charge in [0.25, 0.3) is 0 Å². The molecule has 1 saturated heterocycles. The zero-order chi connectivity index (χ0) is 13.1. The highest BCUT2D eigenvalue weighted by atomic mass is 19.1. The minimum absolute atomic E-state index is 0.0150. The molecular formula is C11H13F2N3O2. The molecule has 1 aromatic rings. The van der Waals surface area contributed by atoms with Crippen LogP contribution in [0, 0.1) is 21.7 Å². The lowest BCUT2D eigenvalue weighted by Crippen LogP contribution is -2.28. The lowest BCUT2D eigenvalue weighted by Gasteiger charge is -2.22. The summed E-state index contributed by atoms with van der Waals surface area (Å²) in [6, 6.07) is 1.56. The van der Waals surface area contributed by atoms with E-state index in [2.05, 4.69) is 5.32 Å². The zero-order valence-corrected chi connectivity index (χ0v) is 9.66. The van der Waals surface area contributed by atoms with Crippen molar-refractivity contribution >= 4 is 11.4 Å². The third kappa shape index (κ3) is 2.56. The van der Waals surface area contributed by atoms with Gasteiger partial charge in [-0.15, -0.1) is 0 Å². The quantitative estimate of drug-likeness (QED) is 0.646. The standard InChI is InChI=1S/C11H13F2N3O2/c12-8-6-9(13)11(16(17)18)10(7-8)15-4-1-2-14-3-5-15/h6-7,14H,1-5H2. The molecule has 0 unspecified atom stereocenters. The molecule has 0 aliphatic carbocycles. The normalized spacial score (nSPS) is 16.4. The summed E-state index contributed by atoms with van der Waals surface area (Å²) in [5.74, 6) is -1.93. The highest BCUT2D eigenvalue weighted by Gasteiger charge is 2.26. The minimum Gasteiger partial charge on any atom is -0.364 e. The van der Waals surface area contributed by atoms with E-state index in [1.54, 1.807) is 4.90 Å². The molecule has 1 aliphatic rings. The summed E-state index contributed by atoms with van der Waals surface area (Å²) in [6.07, 6.45) is 0.773. The fourth-order valence-electron chi connectivity index (χ4n) is 2.06. The number of anilines is 1. The molecule has 0 atom stereocenters. The fraction of sp³-hybridized carbons (Fsp3) is 0.455. The second kappa shape index (κ2) is 5.26. The maximum Gasteiger partial charge on any atom is 0.328 e. The molecule has 1 heterocycles. The summed E-state index contributed by atoms with van der Waals surface area (Å²) in [6.45, 7) is 2.46. The summed E-state index contributed by atoms with van der Waals surface area (Å²) < 4.78 is 26.7.